The second kappa shape index (κ2) is 6.99. The van der Waals surface area contributed by atoms with E-state index in [0.717, 1.165) is 0 Å². The third kappa shape index (κ3) is 5.24. The summed E-state index contributed by atoms with van der Waals surface area (Å²) in [7, 11) is -3.08. The average molecular weight is 341 g/mol. The maximum atomic E-state index is 11.9. The number of hydrogen-bond donors (Lipinski definition) is 2. The van der Waals surface area contributed by atoms with Gasteiger partial charge in [-0.2, -0.15) is 0 Å². The first-order valence-corrected chi connectivity index (χ1v) is 9.05. The Morgan fingerprint density at radius 1 is 1.35 bits per heavy atom. The number of carbonyl (C=O) groups is 2. The molecule has 2 rings (SSSR count). The fourth-order valence-corrected chi connectivity index (χ4v) is 3.97. The second-order valence-electron chi connectivity index (χ2n) is 5.58. The van der Waals surface area contributed by atoms with Gasteiger partial charge in [0.2, 0.25) is 0 Å². The van der Waals surface area contributed by atoms with Crippen LogP contribution < -0.4 is 5.32 Å². The molecule has 0 radical (unpaired) electrons. The molecule has 0 aliphatic carbocycles. The van der Waals surface area contributed by atoms with Crippen LogP contribution in [-0.2, 0) is 30.6 Å². The van der Waals surface area contributed by atoms with Crippen molar-refractivity contribution in [2.75, 3.05) is 11.5 Å². The minimum atomic E-state index is -3.08. The molecule has 126 valence electrons. The van der Waals surface area contributed by atoms with Crippen LogP contribution in [0, 0.1) is 0 Å². The number of phenolic OH excluding ortho intramolecular Hbond substituents is 1. The number of rotatable bonds is 5. The lowest BCUT2D eigenvalue weighted by molar-refractivity contribution is -0.154. The third-order valence-corrected chi connectivity index (χ3v) is 5.31. The molecule has 1 aliphatic heterocycles. The van der Waals surface area contributed by atoms with Crippen LogP contribution in [0.2, 0.25) is 0 Å². The summed E-state index contributed by atoms with van der Waals surface area (Å²) in [6.07, 6.45) is -0.638. The fourth-order valence-electron chi connectivity index (χ4n) is 2.30. The highest BCUT2D eigenvalue weighted by molar-refractivity contribution is 7.91. The molecule has 1 aromatic carbocycles. The Hall–Kier alpha value is -2.09. The molecule has 0 saturated carbocycles. The minimum absolute atomic E-state index is 0.0181. The Kier molecular flexibility index (Phi) is 5.25. The van der Waals surface area contributed by atoms with E-state index in [0.29, 0.717) is 12.0 Å². The zero-order chi connectivity index (χ0) is 17.0. The maximum absolute atomic E-state index is 11.9. The van der Waals surface area contributed by atoms with Crippen LogP contribution in [0.15, 0.2) is 24.3 Å². The monoisotopic (exact) mass is 341 g/mol. The predicted molar refractivity (Wildman–Crippen MR) is 82.6 cm³/mol. The molecule has 1 heterocycles. The number of esters is 1. The van der Waals surface area contributed by atoms with Crippen LogP contribution in [0.3, 0.4) is 0 Å². The number of nitrogens with one attached hydrogen (secondary N) is 1. The number of aromatic hydroxyl groups is 1. The Morgan fingerprint density at radius 3 is 2.57 bits per heavy atom. The van der Waals surface area contributed by atoms with E-state index < -0.39 is 33.9 Å². The van der Waals surface area contributed by atoms with E-state index in [2.05, 4.69) is 5.32 Å². The summed E-state index contributed by atoms with van der Waals surface area (Å²) < 4.78 is 27.7. The highest BCUT2D eigenvalue weighted by Crippen LogP contribution is 2.13. The molecule has 0 unspecified atom stereocenters. The van der Waals surface area contributed by atoms with Crippen LogP contribution >= 0.6 is 0 Å². The van der Waals surface area contributed by atoms with Crippen molar-refractivity contribution in [3.63, 3.8) is 0 Å². The first kappa shape index (κ1) is 17.3. The van der Waals surface area contributed by atoms with Crippen molar-refractivity contribution in [1.29, 1.82) is 0 Å². The van der Waals surface area contributed by atoms with Gasteiger partial charge in [-0.3, -0.25) is 9.59 Å². The lowest BCUT2D eigenvalue weighted by Gasteiger charge is -2.16. The predicted octanol–water partition coefficient (Wildman–Crippen LogP) is 0.170. The van der Waals surface area contributed by atoms with E-state index in [1.807, 2.05) is 0 Å². The summed E-state index contributed by atoms with van der Waals surface area (Å²) in [5.41, 5.74) is 0.655. The van der Waals surface area contributed by atoms with Crippen molar-refractivity contribution in [2.45, 2.75) is 31.9 Å². The topological polar surface area (TPSA) is 110 Å². The van der Waals surface area contributed by atoms with Crippen LogP contribution in [-0.4, -0.2) is 49.1 Å². The molecular formula is C15H19NO6S. The number of sulfone groups is 1. The Morgan fingerprint density at radius 2 is 2.00 bits per heavy atom. The van der Waals surface area contributed by atoms with Crippen molar-refractivity contribution in [3.8, 4) is 5.75 Å². The molecule has 0 bridgehead atoms. The largest absolute Gasteiger partial charge is 0.508 e. The average Bonchev–Trinajstić information content (AvgIpc) is 2.80. The number of phenols is 1. The zero-order valence-electron chi connectivity index (χ0n) is 12.7. The highest BCUT2D eigenvalue weighted by Gasteiger charge is 2.30. The Labute approximate surface area is 134 Å². The molecule has 2 atom stereocenters. The number of hydrogen-bond acceptors (Lipinski definition) is 6. The van der Waals surface area contributed by atoms with E-state index in [1.165, 1.54) is 19.1 Å². The summed E-state index contributed by atoms with van der Waals surface area (Å²) >= 11 is 0. The van der Waals surface area contributed by atoms with Crippen LogP contribution in [0.5, 0.6) is 5.75 Å². The summed E-state index contributed by atoms with van der Waals surface area (Å²) in [6.45, 7) is 1.44. The van der Waals surface area contributed by atoms with E-state index >= 15 is 0 Å². The number of carbonyl (C=O) groups excluding carboxylic acids is 2. The molecule has 8 heteroatoms. The van der Waals surface area contributed by atoms with Crippen molar-refractivity contribution in [1.82, 2.24) is 5.32 Å². The van der Waals surface area contributed by atoms with E-state index in [4.69, 9.17) is 9.84 Å². The molecule has 1 amide bonds. The number of amides is 1. The highest BCUT2D eigenvalue weighted by atomic mass is 32.2. The summed E-state index contributed by atoms with van der Waals surface area (Å²) in [6, 6.07) is 5.67. The van der Waals surface area contributed by atoms with Gasteiger partial charge in [0.25, 0.3) is 5.91 Å². The quantitative estimate of drug-likeness (QED) is 0.739. The van der Waals surface area contributed by atoms with Gasteiger partial charge in [0, 0.05) is 6.04 Å². The van der Waals surface area contributed by atoms with Gasteiger partial charge in [0.1, 0.15) is 5.75 Å². The van der Waals surface area contributed by atoms with Gasteiger partial charge in [-0.05, 0) is 31.0 Å². The molecular weight excluding hydrogens is 322 g/mol. The van der Waals surface area contributed by atoms with Crippen molar-refractivity contribution in [3.05, 3.63) is 29.8 Å². The Balaban J connectivity index is 1.81. The zero-order valence-corrected chi connectivity index (χ0v) is 13.5. The van der Waals surface area contributed by atoms with Crippen LogP contribution in [0.25, 0.3) is 0 Å². The maximum Gasteiger partial charge on any atom is 0.311 e. The summed E-state index contributed by atoms with van der Waals surface area (Å²) in [4.78, 5) is 23.7. The minimum Gasteiger partial charge on any atom is -0.508 e. The van der Waals surface area contributed by atoms with Crippen LogP contribution in [0.4, 0.5) is 0 Å². The van der Waals surface area contributed by atoms with Gasteiger partial charge in [0.15, 0.2) is 15.9 Å². The first-order valence-electron chi connectivity index (χ1n) is 7.23. The van der Waals surface area contributed by atoms with E-state index in [-0.39, 0.29) is 23.7 Å². The van der Waals surface area contributed by atoms with E-state index in [9.17, 15) is 18.0 Å². The molecule has 1 aliphatic rings. The van der Waals surface area contributed by atoms with Crippen molar-refractivity contribution >= 4 is 21.7 Å². The molecule has 0 aromatic heterocycles. The third-order valence-electron chi connectivity index (χ3n) is 3.54. The SMILES string of the molecule is C[C@H](OC(=O)Cc1ccc(O)cc1)C(=O)N[C@H]1CCS(=O)(=O)C1. The van der Waals surface area contributed by atoms with Gasteiger partial charge in [0.05, 0.1) is 17.9 Å². The first-order chi connectivity index (χ1) is 10.7. The molecule has 1 fully saturated rings. The molecule has 1 aromatic rings. The number of ether oxygens (including phenoxy) is 1. The molecule has 2 N–H and O–H groups in total. The Bertz CT molecular complexity index is 682. The van der Waals surface area contributed by atoms with E-state index in [1.54, 1.807) is 12.1 Å². The number of benzene rings is 1. The van der Waals surface area contributed by atoms with Gasteiger partial charge in [-0.1, -0.05) is 12.1 Å². The molecule has 7 nitrogen and oxygen atoms in total. The standard InChI is InChI=1S/C15H19NO6S/c1-10(15(19)16-12-6-7-23(20,21)9-12)22-14(18)8-11-2-4-13(17)5-3-11/h2-5,10,12,17H,6-9H2,1H3,(H,16,19)/t10-,12-/m0/s1. The lowest BCUT2D eigenvalue weighted by Crippen LogP contribution is -2.42. The molecule has 0 spiro atoms. The molecule has 23 heavy (non-hydrogen) atoms. The smallest absolute Gasteiger partial charge is 0.311 e. The van der Waals surface area contributed by atoms with Gasteiger partial charge < -0.3 is 15.2 Å². The summed E-state index contributed by atoms with van der Waals surface area (Å²) in [5, 5.41) is 11.8. The normalized spacial score (nSPS) is 20.7. The van der Waals surface area contributed by atoms with Crippen molar-refractivity contribution < 1.29 is 27.9 Å². The fraction of sp³-hybridized carbons (Fsp3) is 0.467. The van der Waals surface area contributed by atoms with Crippen LogP contribution in [0.1, 0.15) is 18.9 Å². The second-order valence-corrected chi connectivity index (χ2v) is 7.81. The molecule has 1 saturated heterocycles. The van der Waals surface area contributed by atoms with Gasteiger partial charge in [-0.15, -0.1) is 0 Å². The van der Waals surface area contributed by atoms with Gasteiger partial charge in [-0.25, -0.2) is 8.42 Å². The lowest BCUT2D eigenvalue weighted by atomic mass is 10.1. The van der Waals surface area contributed by atoms with Gasteiger partial charge >= 0.3 is 5.97 Å². The summed E-state index contributed by atoms with van der Waals surface area (Å²) in [5.74, 6) is -0.996. The van der Waals surface area contributed by atoms with Crippen molar-refractivity contribution in [2.24, 2.45) is 0 Å².